The number of esters is 1. The Balaban J connectivity index is 1.48. The van der Waals surface area contributed by atoms with Gasteiger partial charge in [-0.05, 0) is 18.6 Å². The highest BCUT2D eigenvalue weighted by Gasteiger charge is 2.57. The number of hydrogen-bond acceptors (Lipinski definition) is 7. The molecule has 3 aliphatic heterocycles. The van der Waals surface area contributed by atoms with Crippen LogP contribution in [-0.2, 0) is 16.1 Å². The van der Waals surface area contributed by atoms with Gasteiger partial charge in [0.05, 0.1) is 30.1 Å². The van der Waals surface area contributed by atoms with Crippen LogP contribution < -0.4 is 5.32 Å². The Labute approximate surface area is 119 Å². The van der Waals surface area contributed by atoms with Crippen LogP contribution in [-0.4, -0.2) is 39.7 Å². The number of carbonyl (C=O) groups excluding carboxylic acids is 1. The highest BCUT2D eigenvalue weighted by atomic mass is 32.2. The van der Waals surface area contributed by atoms with Crippen molar-refractivity contribution in [2.75, 3.05) is 0 Å². The number of hydrogen-bond donors (Lipinski definition) is 2. The van der Waals surface area contributed by atoms with Gasteiger partial charge in [0.2, 0.25) is 0 Å². The first-order valence-corrected chi connectivity index (χ1v) is 7.49. The number of aliphatic hydroxyl groups is 1. The van der Waals surface area contributed by atoms with Gasteiger partial charge in [0.15, 0.2) is 11.3 Å². The van der Waals surface area contributed by atoms with Gasteiger partial charge in [-0.3, -0.25) is 9.79 Å². The standard InChI is InChI=1S/C13H14N2O4S/c16-8-4-7-11-9(10(8)19-12(7)17)15-13(20-11)14-5-6-2-1-3-18-6/h1-3,7-11,16H,4-5H2,(H,14,15)/t7-,8-,9+,10+,11-/m1/s1. The van der Waals surface area contributed by atoms with E-state index in [1.54, 1.807) is 18.0 Å². The van der Waals surface area contributed by atoms with Crippen molar-refractivity contribution in [1.82, 2.24) is 5.32 Å². The van der Waals surface area contributed by atoms with Crippen molar-refractivity contribution in [2.24, 2.45) is 10.9 Å². The maximum atomic E-state index is 11.8. The zero-order chi connectivity index (χ0) is 13.7. The lowest BCUT2D eigenvalue weighted by atomic mass is 9.78. The molecule has 2 bridgehead atoms. The van der Waals surface area contributed by atoms with E-state index in [2.05, 4.69) is 10.3 Å². The normalized spacial score (nSPS) is 38.4. The van der Waals surface area contributed by atoms with Crippen LogP contribution in [0, 0.1) is 5.92 Å². The van der Waals surface area contributed by atoms with Gasteiger partial charge in [-0.25, -0.2) is 0 Å². The van der Waals surface area contributed by atoms with Crippen molar-refractivity contribution < 1.29 is 19.1 Å². The third-order valence-corrected chi connectivity index (χ3v) is 5.36. The number of carbonyl (C=O) groups is 1. The van der Waals surface area contributed by atoms with Gasteiger partial charge in [-0.1, -0.05) is 11.8 Å². The van der Waals surface area contributed by atoms with E-state index in [9.17, 15) is 9.90 Å². The lowest BCUT2D eigenvalue weighted by Crippen LogP contribution is -2.59. The lowest BCUT2D eigenvalue weighted by Gasteiger charge is -2.44. The quantitative estimate of drug-likeness (QED) is 0.774. The highest BCUT2D eigenvalue weighted by Crippen LogP contribution is 2.45. The van der Waals surface area contributed by atoms with Gasteiger partial charge in [0.25, 0.3) is 0 Å². The summed E-state index contributed by atoms with van der Waals surface area (Å²) in [5.41, 5.74) is 0. The number of aliphatic hydroxyl groups excluding tert-OH is 1. The smallest absolute Gasteiger partial charge is 0.310 e. The van der Waals surface area contributed by atoms with E-state index >= 15 is 0 Å². The molecule has 106 valence electrons. The van der Waals surface area contributed by atoms with Crippen molar-refractivity contribution in [3.8, 4) is 0 Å². The molecular weight excluding hydrogens is 280 g/mol. The number of ether oxygens (including phenoxy) is 1. The summed E-state index contributed by atoms with van der Waals surface area (Å²) in [4.78, 5) is 16.3. The maximum absolute atomic E-state index is 11.8. The van der Waals surface area contributed by atoms with Crippen molar-refractivity contribution in [3.05, 3.63) is 24.2 Å². The molecule has 4 heterocycles. The molecule has 1 aromatic heterocycles. The number of thioether (sulfide) groups is 1. The fraction of sp³-hybridized carbons (Fsp3) is 0.538. The molecule has 0 aromatic carbocycles. The number of fused-ring (bicyclic) bond motifs is 2. The number of rotatable bonds is 2. The van der Waals surface area contributed by atoms with Gasteiger partial charge in [0.1, 0.15) is 11.8 Å². The van der Waals surface area contributed by atoms with Crippen LogP contribution >= 0.6 is 11.8 Å². The van der Waals surface area contributed by atoms with Crippen LogP contribution in [0.1, 0.15) is 12.2 Å². The molecule has 6 nitrogen and oxygen atoms in total. The number of aliphatic imine (C=N–C) groups is 1. The van der Waals surface area contributed by atoms with Gasteiger partial charge in [-0.2, -0.15) is 0 Å². The van der Waals surface area contributed by atoms with E-state index in [0.717, 1.165) is 10.9 Å². The molecule has 0 unspecified atom stereocenters. The third-order valence-electron chi connectivity index (χ3n) is 4.01. The molecule has 0 amide bonds. The Bertz CT molecular complexity index is 559. The molecule has 5 atom stereocenters. The summed E-state index contributed by atoms with van der Waals surface area (Å²) < 4.78 is 10.5. The molecule has 0 spiro atoms. The summed E-state index contributed by atoms with van der Waals surface area (Å²) in [6.07, 6.45) is 1.03. The molecule has 2 saturated heterocycles. The summed E-state index contributed by atoms with van der Waals surface area (Å²) in [7, 11) is 0. The molecule has 0 radical (unpaired) electrons. The number of nitrogens with zero attached hydrogens (tertiary/aromatic N) is 1. The van der Waals surface area contributed by atoms with Gasteiger partial charge >= 0.3 is 5.97 Å². The number of nitrogens with one attached hydrogen (secondary N) is 1. The topological polar surface area (TPSA) is 84.1 Å². The Morgan fingerprint density at radius 2 is 2.45 bits per heavy atom. The second-order valence-corrected chi connectivity index (χ2v) is 6.42. The fourth-order valence-electron chi connectivity index (χ4n) is 3.04. The molecule has 7 heteroatoms. The largest absolute Gasteiger partial charge is 0.467 e. The second kappa shape index (κ2) is 4.53. The Kier molecular flexibility index (Phi) is 2.78. The maximum Gasteiger partial charge on any atom is 0.310 e. The van der Waals surface area contributed by atoms with Crippen LogP contribution in [0.2, 0.25) is 0 Å². The average molecular weight is 294 g/mol. The monoisotopic (exact) mass is 294 g/mol. The first-order chi connectivity index (χ1) is 9.72. The van der Waals surface area contributed by atoms with Crippen LogP contribution in [0.3, 0.4) is 0 Å². The highest BCUT2D eigenvalue weighted by molar-refractivity contribution is 8.14. The van der Waals surface area contributed by atoms with Gasteiger partial charge < -0.3 is 19.6 Å². The Hall–Kier alpha value is -1.47. The summed E-state index contributed by atoms with van der Waals surface area (Å²) in [5, 5.41) is 14.0. The molecule has 20 heavy (non-hydrogen) atoms. The predicted molar refractivity (Wildman–Crippen MR) is 72.1 cm³/mol. The van der Waals surface area contributed by atoms with E-state index in [4.69, 9.17) is 9.15 Å². The minimum absolute atomic E-state index is 0.0868. The molecule has 1 aromatic rings. The zero-order valence-electron chi connectivity index (χ0n) is 10.6. The van der Waals surface area contributed by atoms with E-state index in [1.807, 2.05) is 12.1 Å². The lowest BCUT2D eigenvalue weighted by molar-refractivity contribution is -0.184. The van der Waals surface area contributed by atoms with E-state index in [0.29, 0.717) is 13.0 Å². The van der Waals surface area contributed by atoms with Crippen LogP contribution in [0.4, 0.5) is 0 Å². The molecular formula is C13H14N2O4S. The van der Waals surface area contributed by atoms with Crippen LogP contribution in [0.25, 0.3) is 0 Å². The third kappa shape index (κ3) is 1.84. The van der Waals surface area contributed by atoms with Crippen LogP contribution in [0.5, 0.6) is 0 Å². The summed E-state index contributed by atoms with van der Waals surface area (Å²) in [6.45, 7) is 0.560. The van der Waals surface area contributed by atoms with Crippen molar-refractivity contribution in [1.29, 1.82) is 0 Å². The van der Waals surface area contributed by atoms with E-state index < -0.39 is 12.2 Å². The Morgan fingerprint density at radius 1 is 1.55 bits per heavy atom. The Morgan fingerprint density at radius 3 is 3.25 bits per heavy atom. The minimum Gasteiger partial charge on any atom is -0.467 e. The van der Waals surface area contributed by atoms with Gasteiger partial charge in [0, 0.05) is 0 Å². The number of amidine groups is 1. The fourth-order valence-corrected chi connectivity index (χ4v) is 4.38. The molecule has 2 N–H and O–H groups in total. The molecule has 3 fully saturated rings. The summed E-state index contributed by atoms with van der Waals surface area (Å²) in [6, 6.07) is 3.59. The van der Waals surface area contributed by atoms with E-state index in [-0.39, 0.29) is 23.2 Å². The SMILES string of the molecule is O=C1O[C@@H]2[C@@H]3N=C(NCc4ccco4)S[C@@H]3[C@H]1C[C@H]2O. The average Bonchev–Trinajstić information content (AvgIpc) is 3.06. The molecule has 1 aliphatic carbocycles. The second-order valence-electron chi connectivity index (χ2n) is 5.25. The summed E-state index contributed by atoms with van der Waals surface area (Å²) >= 11 is 1.57. The van der Waals surface area contributed by atoms with Crippen molar-refractivity contribution in [3.63, 3.8) is 0 Å². The first-order valence-electron chi connectivity index (χ1n) is 6.61. The molecule has 1 saturated carbocycles. The first kappa shape index (κ1) is 12.3. The van der Waals surface area contributed by atoms with Crippen molar-refractivity contribution >= 4 is 22.9 Å². The predicted octanol–water partition coefficient (Wildman–Crippen LogP) is 0.515. The zero-order valence-corrected chi connectivity index (χ0v) is 11.4. The van der Waals surface area contributed by atoms with Gasteiger partial charge in [-0.15, -0.1) is 0 Å². The summed E-state index contributed by atoms with van der Waals surface area (Å²) in [5.74, 6) is 0.381. The van der Waals surface area contributed by atoms with Crippen molar-refractivity contribution in [2.45, 2.75) is 36.5 Å². The number of furan rings is 1. The van der Waals surface area contributed by atoms with Crippen LogP contribution in [0.15, 0.2) is 27.8 Å². The molecule has 4 aliphatic rings. The minimum atomic E-state index is -0.590. The van der Waals surface area contributed by atoms with E-state index in [1.165, 1.54) is 0 Å². The molecule has 5 rings (SSSR count).